The van der Waals surface area contributed by atoms with E-state index in [1.165, 1.54) is 11.8 Å². The monoisotopic (exact) mass is 299 g/mol. The van der Waals surface area contributed by atoms with E-state index in [1.807, 2.05) is 42.5 Å². The lowest BCUT2D eigenvalue weighted by Gasteiger charge is -2.04. The molecule has 106 valence electrons. The highest BCUT2D eigenvalue weighted by molar-refractivity contribution is 8.14. The molecule has 0 fully saturated rings. The van der Waals surface area contributed by atoms with E-state index < -0.39 is 0 Å². The molecule has 2 heterocycles. The zero-order valence-electron chi connectivity index (χ0n) is 11.2. The third kappa shape index (κ3) is 3.61. The van der Waals surface area contributed by atoms with Crippen molar-refractivity contribution in [1.29, 1.82) is 0 Å². The predicted octanol–water partition coefficient (Wildman–Crippen LogP) is 3.16. The number of hydrogen-bond acceptors (Lipinski definition) is 5. The van der Waals surface area contributed by atoms with Crippen molar-refractivity contribution in [2.45, 2.75) is 6.42 Å². The molecule has 0 atom stereocenters. The standard InChI is InChI=1S/C15H13N3O2S/c19-14(16-11-5-2-1-3-6-11)10-21-15-9-12(17-18-15)13-7-4-8-20-13/h1-8H,9-10H2,(H,16,19). The third-order valence-corrected chi connectivity index (χ3v) is 3.80. The summed E-state index contributed by atoms with van der Waals surface area (Å²) in [5.41, 5.74) is 1.59. The molecule has 5 nitrogen and oxygen atoms in total. The van der Waals surface area contributed by atoms with Gasteiger partial charge < -0.3 is 9.73 Å². The fraction of sp³-hybridized carbons (Fsp3) is 0.133. The number of furan rings is 1. The molecule has 1 aliphatic heterocycles. The maximum absolute atomic E-state index is 11.8. The molecule has 1 amide bonds. The molecule has 0 spiro atoms. The number of anilines is 1. The number of amides is 1. The van der Waals surface area contributed by atoms with Crippen LogP contribution in [0.15, 0.2) is 63.3 Å². The van der Waals surface area contributed by atoms with Crippen LogP contribution in [0, 0.1) is 0 Å². The number of thioether (sulfide) groups is 1. The van der Waals surface area contributed by atoms with Crippen LogP contribution in [0.5, 0.6) is 0 Å². The maximum atomic E-state index is 11.8. The van der Waals surface area contributed by atoms with Crippen molar-refractivity contribution < 1.29 is 9.21 Å². The second kappa shape index (κ2) is 6.41. The SMILES string of the molecule is O=C(CSC1=NN=C(c2ccco2)C1)Nc1ccccc1. The topological polar surface area (TPSA) is 67.0 Å². The Hall–Kier alpha value is -2.34. The van der Waals surface area contributed by atoms with E-state index in [0.717, 1.165) is 22.2 Å². The highest BCUT2D eigenvalue weighted by atomic mass is 32.2. The van der Waals surface area contributed by atoms with Gasteiger partial charge in [0.15, 0.2) is 0 Å². The average molecular weight is 299 g/mol. The predicted molar refractivity (Wildman–Crippen MR) is 84.8 cm³/mol. The van der Waals surface area contributed by atoms with E-state index in [4.69, 9.17) is 4.42 Å². The van der Waals surface area contributed by atoms with E-state index in [9.17, 15) is 4.79 Å². The number of nitrogens with zero attached hydrogens (tertiary/aromatic N) is 2. The molecule has 1 aliphatic rings. The van der Waals surface area contributed by atoms with Crippen molar-refractivity contribution in [3.63, 3.8) is 0 Å². The lowest BCUT2D eigenvalue weighted by Crippen LogP contribution is -2.15. The Bertz CT molecular complexity index is 678. The molecule has 21 heavy (non-hydrogen) atoms. The summed E-state index contributed by atoms with van der Waals surface area (Å²) in [4.78, 5) is 11.8. The molecule has 3 rings (SSSR count). The van der Waals surface area contributed by atoms with E-state index in [2.05, 4.69) is 15.5 Å². The van der Waals surface area contributed by atoms with Crippen LogP contribution in [0.1, 0.15) is 12.2 Å². The summed E-state index contributed by atoms with van der Waals surface area (Å²) in [5.74, 6) is 0.984. The quantitative estimate of drug-likeness (QED) is 0.943. The molecule has 0 bridgehead atoms. The first-order chi connectivity index (χ1) is 10.3. The zero-order valence-corrected chi connectivity index (χ0v) is 12.0. The van der Waals surface area contributed by atoms with Gasteiger partial charge in [-0.2, -0.15) is 5.10 Å². The molecule has 1 aromatic carbocycles. The Morgan fingerprint density at radius 3 is 2.81 bits per heavy atom. The number of carbonyl (C=O) groups is 1. The maximum Gasteiger partial charge on any atom is 0.234 e. The highest BCUT2D eigenvalue weighted by Crippen LogP contribution is 2.19. The number of carbonyl (C=O) groups excluding carboxylic acids is 1. The first-order valence-electron chi connectivity index (χ1n) is 6.46. The summed E-state index contributed by atoms with van der Waals surface area (Å²) in [6.45, 7) is 0. The zero-order chi connectivity index (χ0) is 14.5. The fourth-order valence-corrected chi connectivity index (χ4v) is 2.56. The number of nitrogens with one attached hydrogen (secondary N) is 1. The van der Waals surface area contributed by atoms with Crippen molar-refractivity contribution in [2.75, 3.05) is 11.1 Å². The fourth-order valence-electron chi connectivity index (χ4n) is 1.86. The molecular formula is C15H13N3O2S. The number of rotatable bonds is 4. The summed E-state index contributed by atoms with van der Waals surface area (Å²) in [7, 11) is 0. The van der Waals surface area contributed by atoms with Crippen LogP contribution in [-0.2, 0) is 4.79 Å². The van der Waals surface area contributed by atoms with Crippen LogP contribution in [0.3, 0.4) is 0 Å². The van der Waals surface area contributed by atoms with E-state index in [-0.39, 0.29) is 5.91 Å². The van der Waals surface area contributed by atoms with E-state index in [0.29, 0.717) is 12.2 Å². The molecule has 0 aliphatic carbocycles. The van der Waals surface area contributed by atoms with Gasteiger partial charge >= 0.3 is 0 Å². The van der Waals surface area contributed by atoms with Gasteiger partial charge in [0.05, 0.1) is 12.0 Å². The molecule has 0 saturated carbocycles. The Balaban J connectivity index is 1.46. The second-order valence-corrected chi connectivity index (χ2v) is 5.45. The van der Waals surface area contributed by atoms with Gasteiger partial charge in [0.1, 0.15) is 16.5 Å². The Labute approximate surface area is 126 Å². The first kappa shape index (κ1) is 13.6. The lowest BCUT2D eigenvalue weighted by molar-refractivity contribution is -0.113. The molecule has 1 aromatic heterocycles. The molecule has 6 heteroatoms. The van der Waals surface area contributed by atoms with Crippen LogP contribution >= 0.6 is 11.8 Å². The summed E-state index contributed by atoms with van der Waals surface area (Å²) in [6.07, 6.45) is 2.22. The van der Waals surface area contributed by atoms with Gasteiger partial charge in [-0.25, -0.2) is 0 Å². The van der Waals surface area contributed by atoms with Crippen LogP contribution in [0.4, 0.5) is 5.69 Å². The van der Waals surface area contributed by atoms with Gasteiger partial charge in [-0.1, -0.05) is 30.0 Å². The van der Waals surface area contributed by atoms with E-state index >= 15 is 0 Å². The van der Waals surface area contributed by atoms with Crippen molar-refractivity contribution in [3.8, 4) is 0 Å². The summed E-state index contributed by atoms with van der Waals surface area (Å²) >= 11 is 1.39. The highest BCUT2D eigenvalue weighted by Gasteiger charge is 2.17. The molecular weight excluding hydrogens is 286 g/mol. The van der Waals surface area contributed by atoms with Gasteiger partial charge in [0.25, 0.3) is 0 Å². The third-order valence-electron chi connectivity index (χ3n) is 2.83. The minimum absolute atomic E-state index is 0.0552. The Morgan fingerprint density at radius 1 is 1.19 bits per heavy atom. The van der Waals surface area contributed by atoms with Gasteiger partial charge in [0, 0.05) is 12.1 Å². The van der Waals surface area contributed by atoms with Crippen molar-refractivity contribution in [3.05, 3.63) is 54.5 Å². The van der Waals surface area contributed by atoms with Gasteiger partial charge in [-0.05, 0) is 24.3 Å². The van der Waals surface area contributed by atoms with Crippen LogP contribution in [0.2, 0.25) is 0 Å². The molecule has 1 N–H and O–H groups in total. The Morgan fingerprint density at radius 2 is 2.05 bits per heavy atom. The largest absolute Gasteiger partial charge is 0.463 e. The van der Waals surface area contributed by atoms with Crippen molar-refractivity contribution in [1.82, 2.24) is 0 Å². The summed E-state index contributed by atoms with van der Waals surface area (Å²) in [5, 5.41) is 11.8. The van der Waals surface area contributed by atoms with Gasteiger partial charge in [-0.15, -0.1) is 5.10 Å². The summed E-state index contributed by atoms with van der Waals surface area (Å²) in [6, 6.07) is 13.0. The molecule has 0 radical (unpaired) electrons. The van der Waals surface area contributed by atoms with Gasteiger partial charge in [-0.3, -0.25) is 4.79 Å². The number of para-hydroxylation sites is 1. The van der Waals surface area contributed by atoms with Crippen molar-refractivity contribution >= 4 is 34.1 Å². The smallest absolute Gasteiger partial charge is 0.234 e. The second-order valence-electron chi connectivity index (χ2n) is 4.40. The average Bonchev–Trinajstić information content (AvgIpc) is 3.17. The Kier molecular flexibility index (Phi) is 4.16. The summed E-state index contributed by atoms with van der Waals surface area (Å²) < 4.78 is 5.28. The molecule has 2 aromatic rings. The molecule has 0 saturated heterocycles. The number of benzene rings is 1. The lowest BCUT2D eigenvalue weighted by atomic mass is 10.2. The van der Waals surface area contributed by atoms with Crippen molar-refractivity contribution in [2.24, 2.45) is 10.2 Å². The van der Waals surface area contributed by atoms with Crippen LogP contribution in [-0.4, -0.2) is 22.4 Å². The van der Waals surface area contributed by atoms with Gasteiger partial charge in [0.2, 0.25) is 5.91 Å². The van der Waals surface area contributed by atoms with Crippen LogP contribution < -0.4 is 5.32 Å². The van der Waals surface area contributed by atoms with Crippen LogP contribution in [0.25, 0.3) is 0 Å². The minimum Gasteiger partial charge on any atom is -0.463 e. The van der Waals surface area contributed by atoms with E-state index in [1.54, 1.807) is 6.26 Å². The molecule has 0 unspecified atom stereocenters. The minimum atomic E-state index is -0.0552. The number of hydrogen-bond donors (Lipinski definition) is 1. The first-order valence-corrected chi connectivity index (χ1v) is 7.45. The normalized spacial score (nSPS) is 13.7.